The predicted octanol–water partition coefficient (Wildman–Crippen LogP) is 1.35. The molecule has 20 heavy (non-hydrogen) atoms. The van der Waals surface area contributed by atoms with Crippen molar-refractivity contribution in [2.75, 3.05) is 30.4 Å². The lowest BCUT2D eigenvalue weighted by molar-refractivity contribution is -0.383. The molecule has 1 heterocycles. The van der Waals surface area contributed by atoms with Gasteiger partial charge in [-0.25, -0.2) is 0 Å². The molecule has 2 rings (SSSR count). The zero-order valence-electron chi connectivity index (χ0n) is 11.8. The second-order valence-electron chi connectivity index (χ2n) is 5.15. The van der Waals surface area contributed by atoms with E-state index in [-0.39, 0.29) is 11.6 Å². The molecule has 7 heteroatoms. The number of carbonyl (C=O) groups excluding carboxylic acids is 1. The number of nitrogens with one attached hydrogen (secondary N) is 2. The van der Waals surface area contributed by atoms with Gasteiger partial charge in [0.1, 0.15) is 16.9 Å². The van der Waals surface area contributed by atoms with Crippen molar-refractivity contribution in [2.45, 2.75) is 19.4 Å². The summed E-state index contributed by atoms with van der Waals surface area (Å²) in [6.07, 6.45) is 0. The standard InChI is InChI=1S/C13H18N4O3/c1-13(2)12(18)15-7-8-16(13)10-6-4-5-9(14-3)11(10)17(19)20/h4-6,14H,7-8H2,1-3H3,(H,15,18). The molecule has 7 nitrogen and oxygen atoms in total. The summed E-state index contributed by atoms with van der Waals surface area (Å²) in [6.45, 7) is 4.53. The van der Waals surface area contributed by atoms with Gasteiger partial charge >= 0.3 is 5.69 Å². The zero-order chi connectivity index (χ0) is 14.9. The first-order valence-corrected chi connectivity index (χ1v) is 6.40. The third-order valence-electron chi connectivity index (χ3n) is 3.61. The first-order valence-electron chi connectivity index (χ1n) is 6.40. The number of amides is 1. The Kier molecular flexibility index (Phi) is 3.52. The number of nitro benzene ring substituents is 1. The van der Waals surface area contributed by atoms with Crippen molar-refractivity contribution in [3.05, 3.63) is 28.3 Å². The maximum absolute atomic E-state index is 12.0. The maximum atomic E-state index is 12.0. The maximum Gasteiger partial charge on any atom is 0.315 e. The topological polar surface area (TPSA) is 87.5 Å². The predicted molar refractivity (Wildman–Crippen MR) is 77.1 cm³/mol. The number of rotatable bonds is 3. The Labute approximate surface area is 117 Å². The first-order chi connectivity index (χ1) is 9.39. The lowest BCUT2D eigenvalue weighted by Crippen LogP contribution is -2.62. The van der Waals surface area contributed by atoms with E-state index in [4.69, 9.17) is 0 Å². The molecule has 0 radical (unpaired) electrons. The molecule has 0 bridgehead atoms. The van der Waals surface area contributed by atoms with Gasteiger partial charge in [-0.3, -0.25) is 14.9 Å². The molecule has 0 spiro atoms. The SMILES string of the molecule is CNc1cccc(N2CCNC(=O)C2(C)C)c1[N+](=O)[O-]. The molecule has 0 atom stereocenters. The normalized spacial score (nSPS) is 17.6. The molecular weight excluding hydrogens is 260 g/mol. The van der Waals surface area contributed by atoms with Crippen LogP contribution in [0.25, 0.3) is 0 Å². The van der Waals surface area contributed by atoms with Gasteiger partial charge in [0.25, 0.3) is 0 Å². The number of piperazine rings is 1. The molecule has 0 aromatic heterocycles. The van der Waals surface area contributed by atoms with E-state index in [1.165, 1.54) is 0 Å². The van der Waals surface area contributed by atoms with Gasteiger partial charge in [0, 0.05) is 20.1 Å². The van der Waals surface area contributed by atoms with Gasteiger partial charge in [0.15, 0.2) is 0 Å². The summed E-state index contributed by atoms with van der Waals surface area (Å²) >= 11 is 0. The smallest absolute Gasteiger partial charge is 0.315 e. The van der Waals surface area contributed by atoms with Gasteiger partial charge in [0.2, 0.25) is 5.91 Å². The van der Waals surface area contributed by atoms with Crippen molar-refractivity contribution in [2.24, 2.45) is 0 Å². The molecule has 1 aliphatic rings. The summed E-state index contributed by atoms with van der Waals surface area (Å²) in [6, 6.07) is 5.08. The molecule has 0 aliphatic carbocycles. The highest BCUT2D eigenvalue weighted by molar-refractivity contribution is 5.92. The molecule has 1 amide bonds. The van der Waals surface area contributed by atoms with Gasteiger partial charge in [-0.05, 0) is 26.0 Å². The third-order valence-corrected chi connectivity index (χ3v) is 3.61. The summed E-state index contributed by atoms with van der Waals surface area (Å²) in [5.41, 5.74) is 0.0730. The van der Waals surface area contributed by atoms with E-state index in [1.54, 1.807) is 44.0 Å². The summed E-state index contributed by atoms with van der Waals surface area (Å²) in [7, 11) is 1.64. The minimum atomic E-state index is -0.824. The van der Waals surface area contributed by atoms with Crippen LogP contribution in [0.4, 0.5) is 17.1 Å². The second-order valence-corrected chi connectivity index (χ2v) is 5.15. The highest BCUT2D eigenvalue weighted by atomic mass is 16.6. The van der Waals surface area contributed by atoms with Crippen molar-refractivity contribution in [3.8, 4) is 0 Å². The average molecular weight is 278 g/mol. The molecule has 1 aromatic rings. The Morgan fingerprint density at radius 2 is 2.15 bits per heavy atom. The van der Waals surface area contributed by atoms with Crippen LogP contribution in [-0.2, 0) is 4.79 Å². The van der Waals surface area contributed by atoms with Crippen molar-refractivity contribution in [1.29, 1.82) is 0 Å². The number of anilines is 2. The Morgan fingerprint density at radius 1 is 1.45 bits per heavy atom. The number of carbonyl (C=O) groups is 1. The van der Waals surface area contributed by atoms with Gasteiger partial charge < -0.3 is 15.5 Å². The van der Waals surface area contributed by atoms with Crippen LogP contribution < -0.4 is 15.5 Å². The molecule has 2 N–H and O–H groups in total. The van der Waals surface area contributed by atoms with Crippen molar-refractivity contribution in [3.63, 3.8) is 0 Å². The zero-order valence-corrected chi connectivity index (χ0v) is 11.8. The van der Waals surface area contributed by atoms with Gasteiger partial charge in [-0.1, -0.05) is 6.07 Å². The summed E-state index contributed by atoms with van der Waals surface area (Å²) < 4.78 is 0. The Bertz CT molecular complexity index is 557. The Balaban J connectivity index is 2.57. The van der Waals surface area contributed by atoms with Crippen LogP contribution in [0.1, 0.15) is 13.8 Å². The number of nitrogens with zero attached hydrogens (tertiary/aromatic N) is 2. The van der Waals surface area contributed by atoms with E-state index in [1.807, 2.05) is 0 Å². The number of nitro groups is 1. The monoisotopic (exact) mass is 278 g/mol. The third kappa shape index (κ3) is 2.15. The number of hydrogen-bond acceptors (Lipinski definition) is 5. The van der Waals surface area contributed by atoms with Crippen LogP contribution in [0.15, 0.2) is 18.2 Å². The summed E-state index contributed by atoms with van der Waals surface area (Å²) in [5.74, 6) is -0.132. The first kappa shape index (κ1) is 14.1. The molecule has 0 unspecified atom stereocenters. The molecule has 1 aromatic carbocycles. The van der Waals surface area contributed by atoms with E-state index < -0.39 is 10.5 Å². The van der Waals surface area contributed by atoms with E-state index >= 15 is 0 Å². The largest absolute Gasteiger partial charge is 0.382 e. The molecular formula is C13H18N4O3. The second kappa shape index (κ2) is 4.99. The molecule has 1 saturated heterocycles. The molecule has 1 fully saturated rings. The van der Waals surface area contributed by atoms with Crippen LogP contribution >= 0.6 is 0 Å². The Morgan fingerprint density at radius 3 is 2.75 bits per heavy atom. The summed E-state index contributed by atoms with van der Waals surface area (Å²) in [4.78, 5) is 24.7. The van der Waals surface area contributed by atoms with Crippen molar-refractivity contribution < 1.29 is 9.72 Å². The van der Waals surface area contributed by atoms with Crippen LogP contribution in [0.3, 0.4) is 0 Å². The quantitative estimate of drug-likeness (QED) is 0.643. The fraction of sp³-hybridized carbons (Fsp3) is 0.462. The average Bonchev–Trinajstić information content (AvgIpc) is 2.40. The van der Waals surface area contributed by atoms with Crippen molar-refractivity contribution >= 4 is 23.0 Å². The fourth-order valence-electron chi connectivity index (χ4n) is 2.46. The van der Waals surface area contributed by atoms with E-state index in [0.717, 1.165) is 0 Å². The van der Waals surface area contributed by atoms with E-state index in [0.29, 0.717) is 24.5 Å². The highest BCUT2D eigenvalue weighted by Crippen LogP contribution is 2.38. The van der Waals surface area contributed by atoms with Crippen LogP contribution in [-0.4, -0.2) is 36.5 Å². The van der Waals surface area contributed by atoms with Gasteiger partial charge in [0.05, 0.1) is 4.92 Å². The molecule has 108 valence electrons. The highest BCUT2D eigenvalue weighted by Gasteiger charge is 2.40. The minimum Gasteiger partial charge on any atom is -0.382 e. The lowest BCUT2D eigenvalue weighted by atomic mass is 9.97. The number of hydrogen-bond donors (Lipinski definition) is 2. The van der Waals surface area contributed by atoms with Crippen LogP contribution in [0.2, 0.25) is 0 Å². The molecule has 1 aliphatic heterocycles. The van der Waals surface area contributed by atoms with Crippen LogP contribution in [0.5, 0.6) is 0 Å². The van der Waals surface area contributed by atoms with Crippen LogP contribution in [0, 0.1) is 10.1 Å². The lowest BCUT2D eigenvalue weighted by Gasteiger charge is -2.42. The van der Waals surface area contributed by atoms with Gasteiger partial charge in [-0.2, -0.15) is 0 Å². The van der Waals surface area contributed by atoms with E-state index in [9.17, 15) is 14.9 Å². The Hall–Kier alpha value is -2.31. The number of benzene rings is 1. The van der Waals surface area contributed by atoms with Crippen molar-refractivity contribution in [1.82, 2.24) is 5.32 Å². The molecule has 0 saturated carbocycles. The van der Waals surface area contributed by atoms with E-state index in [2.05, 4.69) is 10.6 Å². The van der Waals surface area contributed by atoms with Gasteiger partial charge in [-0.15, -0.1) is 0 Å². The number of para-hydroxylation sites is 1. The fourth-order valence-corrected chi connectivity index (χ4v) is 2.46. The minimum absolute atomic E-state index is 0.00206. The summed E-state index contributed by atoms with van der Waals surface area (Å²) in [5, 5.41) is 17.0.